The van der Waals surface area contributed by atoms with Gasteiger partial charge in [0, 0.05) is 16.8 Å². The molecule has 0 bridgehead atoms. The minimum atomic E-state index is 0.762. The van der Waals surface area contributed by atoms with Gasteiger partial charge in [0.1, 0.15) is 5.75 Å². The first kappa shape index (κ1) is 13.6. The summed E-state index contributed by atoms with van der Waals surface area (Å²) in [5.41, 5.74) is 9.23. The summed E-state index contributed by atoms with van der Waals surface area (Å²) in [6.45, 7) is 0. The van der Waals surface area contributed by atoms with Gasteiger partial charge >= 0.3 is 0 Å². The van der Waals surface area contributed by atoms with Crippen LogP contribution in [0.1, 0.15) is 0 Å². The number of anilines is 1. The normalized spacial score (nSPS) is 11.0. The van der Waals surface area contributed by atoms with Gasteiger partial charge in [-0.3, -0.25) is 0 Å². The van der Waals surface area contributed by atoms with Gasteiger partial charge in [-0.05, 0) is 33.7 Å². The Labute approximate surface area is 135 Å². The van der Waals surface area contributed by atoms with E-state index in [9.17, 15) is 0 Å². The lowest BCUT2D eigenvalue weighted by molar-refractivity contribution is 0.417. The second kappa shape index (κ2) is 5.33. The SMILES string of the molecule is COc1ccc2ccccc2c1-c1c(N)ccc2ccccc12. The first-order chi connectivity index (χ1) is 11.3. The molecule has 0 aliphatic rings. The van der Waals surface area contributed by atoms with Crippen molar-refractivity contribution < 1.29 is 4.74 Å². The number of fused-ring (bicyclic) bond motifs is 2. The largest absolute Gasteiger partial charge is 0.496 e. The monoisotopic (exact) mass is 299 g/mol. The summed E-state index contributed by atoms with van der Waals surface area (Å²) in [6.07, 6.45) is 0. The van der Waals surface area contributed by atoms with E-state index in [0.717, 1.165) is 33.3 Å². The zero-order valence-corrected chi connectivity index (χ0v) is 12.9. The summed E-state index contributed by atoms with van der Waals surface area (Å²) in [5, 5.41) is 4.64. The van der Waals surface area contributed by atoms with Crippen molar-refractivity contribution in [2.45, 2.75) is 0 Å². The van der Waals surface area contributed by atoms with Crippen LogP contribution in [-0.2, 0) is 0 Å². The molecule has 0 atom stereocenters. The summed E-state index contributed by atoms with van der Waals surface area (Å²) in [7, 11) is 1.70. The third-order valence-electron chi connectivity index (χ3n) is 4.32. The molecule has 0 aliphatic heterocycles. The molecule has 2 heteroatoms. The number of rotatable bonds is 2. The van der Waals surface area contributed by atoms with E-state index in [4.69, 9.17) is 10.5 Å². The summed E-state index contributed by atoms with van der Waals surface area (Å²) >= 11 is 0. The zero-order valence-electron chi connectivity index (χ0n) is 12.9. The van der Waals surface area contributed by atoms with E-state index in [2.05, 4.69) is 36.4 Å². The summed E-state index contributed by atoms with van der Waals surface area (Å²) in [5.74, 6) is 0.840. The van der Waals surface area contributed by atoms with E-state index in [1.165, 1.54) is 10.8 Å². The highest BCUT2D eigenvalue weighted by molar-refractivity contribution is 6.11. The van der Waals surface area contributed by atoms with Crippen LogP contribution in [-0.4, -0.2) is 7.11 Å². The van der Waals surface area contributed by atoms with Gasteiger partial charge < -0.3 is 10.5 Å². The van der Waals surface area contributed by atoms with Crippen molar-refractivity contribution in [2.24, 2.45) is 0 Å². The fourth-order valence-electron chi connectivity index (χ4n) is 3.25. The summed E-state index contributed by atoms with van der Waals surface area (Å²) in [4.78, 5) is 0. The molecule has 0 fully saturated rings. The second-order valence-electron chi connectivity index (χ2n) is 5.61. The molecule has 0 unspecified atom stereocenters. The Morgan fingerprint density at radius 3 is 1.87 bits per heavy atom. The third kappa shape index (κ3) is 2.11. The van der Waals surface area contributed by atoms with E-state index in [0.29, 0.717) is 0 Å². The molecule has 2 N–H and O–H groups in total. The number of ether oxygens (including phenoxy) is 1. The van der Waals surface area contributed by atoms with Gasteiger partial charge in [0.05, 0.1) is 7.11 Å². The predicted octanol–water partition coefficient (Wildman–Crippen LogP) is 5.25. The van der Waals surface area contributed by atoms with Crippen LogP contribution in [0.25, 0.3) is 32.7 Å². The Kier molecular flexibility index (Phi) is 3.16. The van der Waals surface area contributed by atoms with Crippen molar-refractivity contribution in [3.8, 4) is 16.9 Å². The Morgan fingerprint density at radius 2 is 1.22 bits per heavy atom. The molecule has 2 nitrogen and oxygen atoms in total. The van der Waals surface area contributed by atoms with E-state index >= 15 is 0 Å². The molecule has 4 rings (SSSR count). The van der Waals surface area contributed by atoms with Crippen molar-refractivity contribution >= 4 is 27.2 Å². The Morgan fingerprint density at radius 1 is 0.652 bits per heavy atom. The van der Waals surface area contributed by atoms with Crippen molar-refractivity contribution in [1.82, 2.24) is 0 Å². The van der Waals surface area contributed by atoms with E-state index in [1.54, 1.807) is 7.11 Å². The number of methoxy groups -OCH3 is 1. The van der Waals surface area contributed by atoms with Crippen molar-refractivity contribution in [3.05, 3.63) is 72.8 Å². The molecule has 0 saturated carbocycles. The Bertz CT molecular complexity index is 1020. The first-order valence-electron chi connectivity index (χ1n) is 7.63. The van der Waals surface area contributed by atoms with Gasteiger partial charge in [-0.1, -0.05) is 60.7 Å². The average molecular weight is 299 g/mol. The number of hydrogen-bond donors (Lipinski definition) is 1. The highest BCUT2D eigenvalue weighted by Gasteiger charge is 2.15. The van der Waals surface area contributed by atoms with E-state index in [-0.39, 0.29) is 0 Å². The smallest absolute Gasteiger partial charge is 0.127 e. The molecule has 0 heterocycles. The van der Waals surface area contributed by atoms with Crippen molar-refractivity contribution in [2.75, 3.05) is 12.8 Å². The third-order valence-corrected chi connectivity index (χ3v) is 4.32. The first-order valence-corrected chi connectivity index (χ1v) is 7.63. The molecule has 23 heavy (non-hydrogen) atoms. The van der Waals surface area contributed by atoms with Gasteiger partial charge in [-0.25, -0.2) is 0 Å². The molecule has 0 spiro atoms. The van der Waals surface area contributed by atoms with Gasteiger partial charge in [-0.2, -0.15) is 0 Å². The minimum Gasteiger partial charge on any atom is -0.496 e. The fourth-order valence-corrected chi connectivity index (χ4v) is 3.25. The molecule has 0 radical (unpaired) electrons. The standard InChI is InChI=1S/C21H17NO/c1-23-19-13-11-15-7-3-5-9-17(15)21(19)20-16-8-4-2-6-14(16)10-12-18(20)22/h2-13H,22H2,1H3. The van der Waals surface area contributed by atoms with Gasteiger partial charge in [-0.15, -0.1) is 0 Å². The zero-order chi connectivity index (χ0) is 15.8. The van der Waals surface area contributed by atoms with Crippen LogP contribution >= 0.6 is 0 Å². The van der Waals surface area contributed by atoms with Crippen LogP contribution in [0, 0.1) is 0 Å². The second-order valence-corrected chi connectivity index (χ2v) is 5.61. The minimum absolute atomic E-state index is 0.762. The molecule has 0 aromatic heterocycles. The van der Waals surface area contributed by atoms with Crippen molar-refractivity contribution in [1.29, 1.82) is 0 Å². The molecule has 4 aromatic rings. The van der Waals surface area contributed by atoms with E-state index < -0.39 is 0 Å². The average Bonchev–Trinajstić information content (AvgIpc) is 2.61. The molecule has 4 aromatic carbocycles. The lowest BCUT2D eigenvalue weighted by Gasteiger charge is -2.16. The molecular weight excluding hydrogens is 282 g/mol. The summed E-state index contributed by atoms with van der Waals surface area (Å²) < 4.78 is 5.66. The van der Waals surface area contributed by atoms with Gasteiger partial charge in [0.25, 0.3) is 0 Å². The predicted molar refractivity (Wildman–Crippen MR) is 97.9 cm³/mol. The van der Waals surface area contributed by atoms with Gasteiger partial charge in [0.15, 0.2) is 0 Å². The fraction of sp³-hybridized carbons (Fsp3) is 0.0476. The molecular formula is C21H17NO. The van der Waals surface area contributed by atoms with E-state index in [1.807, 2.05) is 36.4 Å². The van der Waals surface area contributed by atoms with Crippen LogP contribution in [0.2, 0.25) is 0 Å². The molecule has 112 valence electrons. The van der Waals surface area contributed by atoms with Crippen LogP contribution < -0.4 is 10.5 Å². The Balaban J connectivity index is 2.21. The van der Waals surface area contributed by atoms with Crippen LogP contribution in [0.5, 0.6) is 5.75 Å². The highest BCUT2D eigenvalue weighted by atomic mass is 16.5. The molecule has 0 saturated heterocycles. The van der Waals surface area contributed by atoms with Gasteiger partial charge in [0.2, 0.25) is 0 Å². The highest BCUT2D eigenvalue weighted by Crippen LogP contribution is 2.43. The maximum atomic E-state index is 6.38. The lowest BCUT2D eigenvalue weighted by atomic mass is 9.92. The van der Waals surface area contributed by atoms with Crippen LogP contribution in [0.15, 0.2) is 72.8 Å². The van der Waals surface area contributed by atoms with Crippen LogP contribution in [0.3, 0.4) is 0 Å². The quantitative estimate of drug-likeness (QED) is 0.513. The number of hydrogen-bond acceptors (Lipinski definition) is 2. The molecule has 0 amide bonds. The van der Waals surface area contributed by atoms with Crippen LogP contribution in [0.4, 0.5) is 5.69 Å². The lowest BCUT2D eigenvalue weighted by Crippen LogP contribution is -1.95. The molecule has 0 aliphatic carbocycles. The summed E-state index contributed by atoms with van der Waals surface area (Å²) in [6, 6.07) is 24.8. The number of nitrogen functional groups attached to an aromatic ring is 1. The Hall–Kier alpha value is -3.00. The van der Waals surface area contributed by atoms with Crippen molar-refractivity contribution in [3.63, 3.8) is 0 Å². The number of benzene rings is 4. The number of nitrogens with two attached hydrogens (primary N) is 1. The maximum Gasteiger partial charge on any atom is 0.127 e. The maximum absolute atomic E-state index is 6.38. The topological polar surface area (TPSA) is 35.2 Å².